The van der Waals surface area contributed by atoms with Crippen LogP contribution in [0.15, 0.2) is 24.5 Å². The minimum atomic E-state index is -0.375. The summed E-state index contributed by atoms with van der Waals surface area (Å²) >= 11 is 0. The van der Waals surface area contributed by atoms with Gasteiger partial charge in [0.25, 0.3) is 5.91 Å². The maximum Gasteiger partial charge on any atom is 0.251 e. The molecule has 0 aliphatic rings. The van der Waals surface area contributed by atoms with E-state index in [0.29, 0.717) is 12.1 Å². The summed E-state index contributed by atoms with van der Waals surface area (Å²) in [7, 11) is 0. The van der Waals surface area contributed by atoms with Crippen molar-refractivity contribution in [2.75, 3.05) is 6.54 Å². The normalized spacial score (nSPS) is 12.9. The Morgan fingerprint density at radius 3 is 2.28 bits per heavy atom. The first-order chi connectivity index (χ1) is 7.49. The van der Waals surface area contributed by atoms with Gasteiger partial charge in [0.2, 0.25) is 0 Å². The number of pyridine rings is 1. The van der Waals surface area contributed by atoms with Gasteiger partial charge in [-0.25, -0.2) is 0 Å². The molecular weight excluding hydrogens is 273 g/mol. The van der Waals surface area contributed by atoms with Gasteiger partial charge in [-0.3, -0.25) is 9.78 Å². The van der Waals surface area contributed by atoms with E-state index in [0.717, 1.165) is 0 Å². The molecule has 0 spiro atoms. The molecule has 0 aromatic carbocycles. The number of carbonyl (C=O) groups excluding carboxylic acids is 1. The van der Waals surface area contributed by atoms with Gasteiger partial charge in [-0.15, -0.1) is 24.8 Å². The van der Waals surface area contributed by atoms with E-state index < -0.39 is 0 Å². The summed E-state index contributed by atoms with van der Waals surface area (Å²) in [6.07, 6.45) is 3.20. The standard InChI is InChI=1S/C12H19N3O.2ClH/c1-9(2)12(3,8-13)15-11(16)10-4-6-14-7-5-10;;/h4-7,9H,8,13H2,1-3H3,(H,15,16);2*1H. The quantitative estimate of drug-likeness (QED) is 0.892. The van der Waals surface area contributed by atoms with Crippen molar-refractivity contribution >= 4 is 30.7 Å². The number of amides is 1. The SMILES string of the molecule is CC(C)C(C)(CN)NC(=O)c1ccncc1.Cl.Cl. The van der Waals surface area contributed by atoms with E-state index in [9.17, 15) is 4.79 Å². The minimum Gasteiger partial charge on any atom is -0.345 e. The Morgan fingerprint density at radius 2 is 1.89 bits per heavy atom. The smallest absolute Gasteiger partial charge is 0.251 e. The van der Waals surface area contributed by atoms with E-state index in [2.05, 4.69) is 10.3 Å². The molecule has 18 heavy (non-hydrogen) atoms. The van der Waals surface area contributed by atoms with Crippen LogP contribution in [-0.4, -0.2) is 23.0 Å². The van der Waals surface area contributed by atoms with Crippen LogP contribution >= 0.6 is 24.8 Å². The van der Waals surface area contributed by atoms with E-state index in [1.54, 1.807) is 24.5 Å². The Labute approximate surface area is 121 Å². The monoisotopic (exact) mass is 293 g/mol. The van der Waals surface area contributed by atoms with Crippen molar-refractivity contribution < 1.29 is 4.79 Å². The van der Waals surface area contributed by atoms with Crippen molar-refractivity contribution in [2.24, 2.45) is 11.7 Å². The predicted octanol–water partition coefficient (Wildman–Crippen LogP) is 2.03. The second-order valence-corrected chi connectivity index (χ2v) is 4.47. The second kappa shape index (κ2) is 8.29. The molecule has 1 unspecified atom stereocenters. The third kappa shape index (κ3) is 4.80. The van der Waals surface area contributed by atoms with Crippen LogP contribution in [0.2, 0.25) is 0 Å². The number of halogens is 2. The average Bonchev–Trinajstić information content (AvgIpc) is 2.29. The molecule has 1 heterocycles. The maximum absolute atomic E-state index is 11.9. The van der Waals surface area contributed by atoms with Crippen molar-refractivity contribution in [3.05, 3.63) is 30.1 Å². The fourth-order valence-electron chi connectivity index (χ4n) is 1.27. The molecule has 0 radical (unpaired) electrons. The molecule has 0 bridgehead atoms. The number of nitrogens with two attached hydrogens (primary N) is 1. The third-order valence-corrected chi connectivity index (χ3v) is 3.04. The largest absolute Gasteiger partial charge is 0.345 e. The Bertz CT molecular complexity index is 360. The number of hydrogen-bond donors (Lipinski definition) is 2. The summed E-state index contributed by atoms with van der Waals surface area (Å²) in [4.78, 5) is 15.8. The van der Waals surface area contributed by atoms with E-state index in [-0.39, 0.29) is 42.2 Å². The molecule has 0 fully saturated rings. The fourth-order valence-corrected chi connectivity index (χ4v) is 1.27. The molecule has 1 amide bonds. The molecule has 4 nitrogen and oxygen atoms in total. The highest BCUT2D eigenvalue weighted by Crippen LogP contribution is 2.15. The number of aromatic nitrogens is 1. The molecule has 6 heteroatoms. The summed E-state index contributed by atoms with van der Waals surface area (Å²) in [6.45, 7) is 6.46. The molecular formula is C12H21Cl2N3O. The number of nitrogens with zero attached hydrogens (tertiary/aromatic N) is 1. The first kappa shape index (κ1) is 19.5. The lowest BCUT2D eigenvalue weighted by Crippen LogP contribution is -2.55. The minimum absolute atomic E-state index is 0. The Kier molecular flexibility index (Phi) is 8.99. The van der Waals surface area contributed by atoms with Gasteiger partial charge in [0.05, 0.1) is 5.54 Å². The number of carbonyl (C=O) groups is 1. The summed E-state index contributed by atoms with van der Waals surface area (Å²) in [5, 5.41) is 2.97. The summed E-state index contributed by atoms with van der Waals surface area (Å²) in [5.74, 6) is 0.173. The van der Waals surface area contributed by atoms with E-state index >= 15 is 0 Å². The van der Waals surface area contributed by atoms with Crippen LogP contribution in [0.5, 0.6) is 0 Å². The van der Waals surface area contributed by atoms with Gasteiger partial charge in [-0.1, -0.05) is 13.8 Å². The van der Waals surface area contributed by atoms with Crippen LogP contribution < -0.4 is 11.1 Å². The molecule has 3 N–H and O–H groups in total. The Balaban J connectivity index is 0. The van der Waals surface area contributed by atoms with Crippen LogP contribution in [0.4, 0.5) is 0 Å². The number of rotatable bonds is 4. The lowest BCUT2D eigenvalue weighted by Gasteiger charge is -2.33. The van der Waals surface area contributed by atoms with Crippen molar-refractivity contribution in [3.8, 4) is 0 Å². The van der Waals surface area contributed by atoms with Gasteiger partial charge >= 0.3 is 0 Å². The molecule has 0 aliphatic heterocycles. The van der Waals surface area contributed by atoms with Crippen molar-refractivity contribution in [2.45, 2.75) is 26.3 Å². The first-order valence-electron chi connectivity index (χ1n) is 5.42. The highest BCUT2D eigenvalue weighted by molar-refractivity contribution is 5.94. The van der Waals surface area contributed by atoms with Gasteiger partial charge in [-0.05, 0) is 25.0 Å². The molecule has 0 aliphatic carbocycles. The van der Waals surface area contributed by atoms with Crippen LogP contribution in [0.3, 0.4) is 0 Å². The van der Waals surface area contributed by atoms with E-state index in [4.69, 9.17) is 5.73 Å². The molecule has 1 atom stereocenters. The van der Waals surface area contributed by atoms with Gasteiger partial charge in [-0.2, -0.15) is 0 Å². The van der Waals surface area contributed by atoms with Gasteiger partial charge < -0.3 is 11.1 Å². The van der Waals surface area contributed by atoms with Gasteiger partial charge in [0.1, 0.15) is 0 Å². The fraction of sp³-hybridized carbons (Fsp3) is 0.500. The molecule has 1 rings (SSSR count). The van der Waals surface area contributed by atoms with Gasteiger partial charge in [0.15, 0.2) is 0 Å². The highest BCUT2D eigenvalue weighted by atomic mass is 35.5. The van der Waals surface area contributed by atoms with Crippen molar-refractivity contribution in [1.82, 2.24) is 10.3 Å². The summed E-state index contributed by atoms with van der Waals surface area (Å²) < 4.78 is 0. The van der Waals surface area contributed by atoms with Gasteiger partial charge in [0, 0.05) is 24.5 Å². The highest BCUT2D eigenvalue weighted by Gasteiger charge is 2.28. The first-order valence-corrected chi connectivity index (χ1v) is 5.42. The van der Waals surface area contributed by atoms with E-state index in [1.807, 2.05) is 20.8 Å². The van der Waals surface area contributed by atoms with Crippen LogP contribution in [0, 0.1) is 5.92 Å². The maximum atomic E-state index is 11.9. The van der Waals surface area contributed by atoms with E-state index in [1.165, 1.54) is 0 Å². The zero-order valence-electron chi connectivity index (χ0n) is 10.8. The zero-order chi connectivity index (χ0) is 12.2. The number of nitrogens with one attached hydrogen (secondary N) is 1. The number of hydrogen-bond acceptors (Lipinski definition) is 3. The molecule has 1 aromatic rings. The van der Waals surface area contributed by atoms with Crippen LogP contribution in [-0.2, 0) is 0 Å². The lowest BCUT2D eigenvalue weighted by atomic mass is 9.88. The molecule has 104 valence electrons. The third-order valence-electron chi connectivity index (χ3n) is 3.04. The Morgan fingerprint density at radius 1 is 1.39 bits per heavy atom. The molecule has 0 saturated carbocycles. The van der Waals surface area contributed by atoms with Crippen molar-refractivity contribution in [3.63, 3.8) is 0 Å². The Hall–Kier alpha value is -0.840. The summed E-state index contributed by atoms with van der Waals surface area (Å²) in [5.41, 5.74) is 5.94. The molecule has 0 saturated heterocycles. The molecule has 1 aromatic heterocycles. The van der Waals surface area contributed by atoms with Crippen LogP contribution in [0.25, 0.3) is 0 Å². The zero-order valence-corrected chi connectivity index (χ0v) is 12.5. The lowest BCUT2D eigenvalue weighted by molar-refractivity contribution is 0.0883. The predicted molar refractivity (Wildman–Crippen MR) is 78.5 cm³/mol. The second-order valence-electron chi connectivity index (χ2n) is 4.47. The summed E-state index contributed by atoms with van der Waals surface area (Å²) in [6, 6.07) is 3.37. The van der Waals surface area contributed by atoms with Crippen molar-refractivity contribution in [1.29, 1.82) is 0 Å². The average molecular weight is 294 g/mol. The topological polar surface area (TPSA) is 68.0 Å². The van der Waals surface area contributed by atoms with Crippen LogP contribution in [0.1, 0.15) is 31.1 Å².